The van der Waals surface area contributed by atoms with Crippen molar-refractivity contribution in [2.45, 2.75) is 23.7 Å². The third-order valence-electron chi connectivity index (χ3n) is 1.58. The number of carbonyl (C=O) groups is 2. The molecule has 0 spiro atoms. The molecule has 0 aromatic rings. The molecule has 0 fully saturated rings. The van der Waals surface area contributed by atoms with E-state index in [-0.39, 0.29) is 49.9 Å². The Morgan fingerprint density at radius 1 is 0.696 bits per heavy atom. The minimum absolute atomic E-state index is 0. The molecule has 0 N–H and O–H groups in total. The monoisotopic (exact) mass is 380 g/mol. The quantitative estimate of drug-likeness (QED) is 0.440. The van der Waals surface area contributed by atoms with E-state index in [1.165, 1.54) is 0 Å². The van der Waals surface area contributed by atoms with Crippen LogP contribution in [0, 0.1) is 22.7 Å². The second kappa shape index (κ2) is 8.47. The standard InChI is InChI=1S/2C4HF4NO2.Ca/c2*5-3(6,1-9)4(7,8)2(10)11;/h2*(H,10,11);/q;;+2/p-2. The first-order chi connectivity index (χ1) is 9.51. The van der Waals surface area contributed by atoms with Gasteiger partial charge in [-0.25, -0.2) is 0 Å². The summed E-state index contributed by atoms with van der Waals surface area (Å²) in [6.45, 7) is 0. The number of hydrogen-bond acceptors (Lipinski definition) is 6. The third kappa shape index (κ3) is 5.96. The van der Waals surface area contributed by atoms with Crippen LogP contribution in [0.1, 0.15) is 0 Å². The smallest absolute Gasteiger partial charge is 0.544 e. The van der Waals surface area contributed by atoms with Crippen molar-refractivity contribution >= 4 is 49.7 Å². The van der Waals surface area contributed by atoms with E-state index in [4.69, 9.17) is 10.5 Å². The van der Waals surface area contributed by atoms with Crippen LogP contribution in [0.2, 0.25) is 0 Å². The van der Waals surface area contributed by atoms with E-state index < -0.39 is 35.6 Å². The molecule has 0 rings (SSSR count). The predicted molar refractivity (Wildman–Crippen MR) is 46.8 cm³/mol. The van der Waals surface area contributed by atoms with Gasteiger partial charge in [-0.15, -0.1) is 0 Å². The minimum atomic E-state index is -5.44. The first-order valence-corrected chi connectivity index (χ1v) is 4.28. The maximum atomic E-state index is 11.7. The van der Waals surface area contributed by atoms with E-state index in [9.17, 15) is 54.9 Å². The molecule has 23 heavy (non-hydrogen) atoms. The molecule has 0 atom stereocenters. The van der Waals surface area contributed by atoms with Gasteiger partial charge in [0, 0.05) is 0 Å². The number of nitriles is 2. The zero-order valence-corrected chi connectivity index (χ0v) is 12.5. The van der Waals surface area contributed by atoms with Crippen LogP contribution < -0.4 is 10.2 Å². The molecule has 0 heterocycles. The fourth-order valence-electron chi connectivity index (χ4n) is 0.397. The van der Waals surface area contributed by atoms with Crippen LogP contribution in [-0.4, -0.2) is 73.4 Å². The molecule has 0 aromatic heterocycles. The van der Waals surface area contributed by atoms with Crippen molar-refractivity contribution < 1.29 is 54.9 Å². The number of hydrogen-bond donors (Lipinski definition) is 0. The van der Waals surface area contributed by atoms with Gasteiger partial charge in [-0.1, -0.05) is 0 Å². The van der Waals surface area contributed by atoms with E-state index in [1.54, 1.807) is 0 Å². The van der Waals surface area contributed by atoms with Crippen molar-refractivity contribution in [1.82, 2.24) is 0 Å². The summed E-state index contributed by atoms with van der Waals surface area (Å²) in [6.07, 6.45) is 0. The first-order valence-electron chi connectivity index (χ1n) is 4.28. The van der Waals surface area contributed by atoms with Gasteiger partial charge < -0.3 is 19.8 Å². The number of halogens is 8. The minimum Gasteiger partial charge on any atom is -0.544 e. The Morgan fingerprint density at radius 2 is 0.870 bits per heavy atom. The summed E-state index contributed by atoms with van der Waals surface area (Å²) in [5, 5.41) is 33.5. The van der Waals surface area contributed by atoms with E-state index in [0.29, 0.717) is 0 Å². The van der Waals surface area contributed by atoms with Crippen LogP contribution in [0.25, 0.3) is 0 Å². The molecule has 0 unspecified atom stereocenters. The Morgan fingerprint density at radius 3 is 0.913 bits per heavy atom. The number of carboxylic acids is 2. The van der Waals surface area contributed by atoms with Gasteiger partial charge >= 0.3 is 61.4 Å². The summed E-state index contributed by atoms with van der Waals surface area (Å²) >= 11 is 0. The van der Waals surface area contributed by atoms with Crippen molar-refractivity contribution in [2.24, 2.45) is 0 Å². The SMILES string of the molecule is N#CC(F)(F)C(F)(F)C(=O)[O-].N#CC(F)(F)C(F)(F)C(=O)[O-].[Ca+2]. The molecule has 15 heteroatoms. The van der Waals surface area contributed by atoms with Gasteiger partial charge in [0.2, 0.25) is 0 Å². The number of aliphatic carboxylic acids is 2. The van der Waals surface area contributed by atoms with Crippen LogP contribution in [0.4, 0.5) is 35.1 Å². The van der Waals surface area contributed by atoms with E-state index in [0.717, 1.165) is 0 Å². The van der Waals surface area contributed by atoms with Gasteiger partial charge in [0.1, 0.15) is 24.1 Å². The molecule has 0 saturated heterocycles. The van der Waals surface area contributed by atoms with Crippen LogP contribution in [0.15, 0.2) is 0 Å². The van der Waals surface area contributed by atoms with Gasteiger partial charge in [0.25, 0.3) is 0 Å². The largest absolute Gasteiger partial charge is 2.00 e. The molecule has 6 nitrogen and oxygen atoms in total. The molecule has 0 bridgehead atoms. The van der Waals surface area contributed by atoms with Crippen molar-refractivity contribution in [2.75, 3.05) is 0 Å². The molecule has 124 valence electrons. The van der Waals surface area contributed by atoms with Gasteiger partial charge in [-0.05, 0) is 0 Å². The first kappa shape index (κ1) is 26.5. The van der Waals surface area contributed by atoms with Crippen LogP contribution in [0.3, 0.4) is 0 Å². The molecule has 0 saturated carbocycles. The van der Waals surface area contributed by atoms with Gasteiger partial charge in [-0.3, -0.25) is 0 Å². The van der Waals surface area contributed by atoms with E-state index >= 15 is 0 Å². The number of carboxylic acid groups (broad SMARTS) is 2. The molecule has 0 aliphatic rings. The summed E-state index contributed by atoms with van der Waals surface area (Å²) in [6, 6.07) is -0.283. The van der Waals surface area contributed by atoms with Gasteiger partial charge in [0.05, 0.1) is 0 Å². The Labute approximate surface area is 150 Å². The molecule has 0 aromatic carbocycles. The van der Waals surface area contributed by atoms with Gasteiger partial charge in [0.15, 0.2) is 0 Å². The van der Waals surface area contributed by atoms with Crippen LogP contribution in [0.5, 0.6) is 0 Å². The van der Waals surface area contributed by atoms with Crippen molar-refractivity contribution in [3.63, 3.8) is 0 Å². The average Bonchev–Trinajstić information content (AvgIpc) is 2.38. The normalized spacial score (nSPS) is 11.7. The number of rotatable bonds is 4. The summed E-state index contributed by atoms with van der Waals surface area (Å²) in [7, 11) is 0. The summed E-state index contributed by atoms with van der Waals surface area (Å²) < 4.78 is 93.4. The number of alkyl halides is 8. The second-order valence-corrected chi connectivity index (χ2v) is 3.10. The van der Waals surface area contributed by atoms with Crippen molar-refractivity contribution in [3.05, 3.63) is 0 Å². The Kier molecular flexibility index (Phi) is 9.76. The zero-order chi connectivity index (χ0) is 18.6. The topological polar surface area (TPSA) is 128 Å². The Bertz CT molecular complexity index is 491. The van der Waals surface area contributed by atoms with Crippen molar-refractivity contribution in [1.29, 1.82) is 10.5 Å². The summed E-state index contributed by atoms with van der Waals surface area (Å²) in [5.41, 5.74) is 0. The zero-order valence-electron chi connectivity index (χ0n) is 10.3. The average molecular weight is 380 g/mol. The molecule has 0 radical (unpaired) electrons. The number of carbonyl (C=O) groups excluding carboxylic acids is 2. The Hall–Kier alpha value is -1.38. The predicted octanol–water partition coefficient (Wildman–Crippen LogP) is -1.32. The molecule has 0 amide bonds. The maximum Gasteiger partial charge on any atom is 2.00 e. The van der Waals surface area contributed by atoms with Crippen LogP contribution in [-0.2, 0) is 9.59 Å². The van der Waals surface area contributed by atoms with E-state index in [1.807, 2.05) is 0 Å². The van der Waals surface area contributed by atoms with Gasteiger partial charge in [-0.2, -0.15) is 45.6 Å². The molecule has 0 aliphatic carbocycles. The summed E-state index contributed by atoms with van der Waals surface area (Å²) in [5.74, 6) is -27.9. The number of nitrogens with zero attached hydrogens (tertiary/aromatic N) is 2. The summed E-state index contributed by atoms with van der Waals surface area (Å²) in [4.78, 5) is 18.7. The fraction of sp³-hybridized carbons (Fsp3) is 0.500. The molecule has 0 aliphatic heterocycles. The van der Waals surface area contributed by atoms with Crippen molar-refractivity contribution in [3.8, 4) is 12.1 Å². The third-order valence-corrected chi connectivity index (χ3v) is 1.58. The van der Waals surface area contributed by atoms with E-state index in [2.05, 4.69) is 0 Å². The second-order valence-electron chi connectivity index (χ2n) is 3.10. The molecular weight excluding hydrogens is 380 g/mol. The fourth-order valence-corrected chi connectivity index (χ4v) is 0.397. The Balaban J connectivity index is -0.000000333. The maximum absolute atomic E-state index is 11.7. The molecular formula is C8CaF8N2O4. The van der Waals surface area contributed by atoms with Crippen LogP contribution >= 0.6 is 0 Å².